The lowest BCUT2D eigenvalue weighted by Gasteiger charge is -2.10. The first-order valence-corrected chi connectivity index (χ1v) is 7.91. The van der Waals surface area contributed by atoms with Crippen LogP contribution < -0.4 is 10.9 Å². The smallest absolute Gasteiger partial charge is 0.265 e. The van der Waals surface area contributed by atoms with Gasteiger partial charge in [0.15, 0.2) is 4.77 Å². The zero-order chi connectivity index (χ0) is 18.7. The predicted molar refractivity (Wildman–Crippen MR) is 99.1 cm³/mol. The number of rotatable bonds is 4. The second-order valence-corrected chi connectivity index (χ2v) is 5.81. The highest BCUT2D eigenvalue weighted by Gasteiger charge is 2.18. The van der Waals surface area contributed by atoms with Gasteiger partial charge >= 0.3 is 0 Å². The number of aldehydes is 1. The number of aromatic hydroxyl groups is 1. The minimum absolute atomic E-state index is 0.0561. The summed E-state index contributed by atoms with van der Waals surface area (Å²) < 4.78 is 0.0747. The maximum absolute atomic E-state index is 12.6. The van der Waals surface area contributed by atoms with Crippen LogP contribution in [0.1, 0.15) is 20.7 Å². The Kier molecular flexibility index (Phi) is 4.76. The van der Waals surface area contributed by atoms with Gasteiger partial charge in [0.1, 0.15) is 17.6 Å². The largest absolute Gasteiger partial charge is 0.508 e. The van der Waals surface area contributed by atoms with Gasteiger partial charge in [0, 0.05) is 11.3 Å². The van der Waals surface area contributed by atoms with E-state index in [0.29, 0.717) is 23.1 Å². The third-order valence-corrected chi connectivity index (χ3v) is 3.83. The number of benzene rings is 2. The van der Waals surface area contributed by atoms with E-state index in [0.717, 1.165) is 0 Å². The monoisotopic (exact) mass is 367 g/mol. The van der Waals surface area contributed by atoms with Crippen LogP contribution in [0.15, 0.2) is 53.3 Å². The van der Waals surface area contributed by atoms with Crippen molar-refractivity contribution in [2.45, 2.75) is 0 Å². The van der Waals surface area contributed by atoms with Gasteiger partial charge < -0.3 is 15.4 Å². The Morgan fingerprint density at radius 3 is 2.31 bits per heavy atom. The summed E-state index contributed by atoms with van der Waals surface area (Å²) in [5.74, 6) is -0.585. The molecule has 0 spiro atoms. The van der Waals surface area contributed by atoms with Gasteiger partial charge in [0.25, 0.3) is 11.5 Å². The van der Waals surface area contributed by atoms with Crippen molar-refractivity contribution in [3.63, 3.8) is 0 Å². The minimum Gasteiger partial charge on any atom is -0.508 e. The molecule has 0 saturated heterocycles. The second kappa shape index (κ2) is 7.16. The molecule has 0 fully saturated rings. The highest BCUT2D eigenvalue weighted by atomic mass is 32.1. The average molecular weight is 367 g/mol. The second-order valence-electron chi connectivity index (χ2n) is 5.40. The fourth-order valence-electron chi connectivity index (χ4n) is 2.39. The summed E-state index contributed by atoms with van der Waals surface area (Å²) >= 11 is 5.00. The van der Waals surface area contributed by atoms with Gasteiger partial charge in [-0.3, -0.25) is 19.4 Å². The molecule has 26 heavy (non-hydrogen) atoms. The van der Waals surface area contributed by atoms with E-state index in [-0.39, 0.29) is 21.8 Å². The SMILES string of the molecule is O=Cc1ccc(-c2[nH]c(=S)[nH]c(=O)c2C(=O)Nc2ccc(O)cc2)cc1. The summed E-state index contributed by atoms with van der Waals surface area (Å²) in [6.07, 6.45) is 0.697. The van der Waals surface area contributed by atoms with Gasteiger partial charge in [-0.15, -0.1) is 0 Å². The standard InChI is InChI=1S/C18H13N3O4S/c22-9-10-1-3-11(4-2-10)15-14(17(25)21-18(26)20-15)16(24)19-12-5-7-13(23)8-6-12/h1-9,23H,(H,19,24)(H2,20,21,25,26). The third kappa shape index (κ3) is 3.60. The van der Waals surface area contributed by atoms with Crippen LogP contribution >= 0.6 is 12.2 Å². The number of carbonyl (C=O) groups excluding carboxylic acids is 2. The molecule has 0 unspecified atom stereocenters. The van der Waals surface area contributed by atoms with E-state index in [1.807, 2.05) is 0 Å². The van der Waals surface area contributed by atoms with Gasteiger partial charge in [0.2, 0.25) is 0 Å². The molecule has 0 aliphatic carbocycles. The topological polar surface area (TPSA) is 115 Å². The van der Waals surface area contributed by atoms with Crippen LogP contribution in [-0.4, -0.2) is 27.3 Å². The van der Waals surface area contributed by atoms with E-state index in [2.05, 4.69) is 15.3 Å². The molecule has 0 bridgehead atoms. The molecule has 3 rings (SSSR count). The number of H-pyrrole nitrogens is 2. The van der Waals surface area contributed by atoms with Crippen LogP contribution in [0.4, 0.5) is 5.69 Å². The number of amides is 1. The van der Waals surface area contributed by atoms with Crippen molar-refractivity contribution < 1.29 is 14.7 Å². The maximum atomic E-state index is 12.6. The van der Waals surface area contributed by atoms with Crippen molar-refractivity contribution in [3.05, 3.63) is 74.8 Å². The minimum atomic E-state index is -0.641. The summed E-state index contributed by atoms with van der Waals surface area (Å²) in [4.78, 5) is 41.0. The Balaban J connectivity index is 2.06. The van der Waals surface area contributed by atoms with Crippen molar-refractivity contribution in [1.82, 2.24) is 9.97 Å². The molecule has 8 heteroatoms. The first-order valence-electron chi connectivity index (χ1n) is 7.50. The van der Waals surface area contributed by atoms with E-state index >= 15 is 0 Å². The number of aromatic nitrogens is 2. The molecule has 3 aromatic rings. The lowest BCUT2D eigenvalue weighted by Crippen LogP contribution is -2.25. The molecule has 0 saturated carbocycles. The Hall–Kier alpha value is -3.52. The first kappa shape index (κ1) is 17.3. The molecule has 0 atom stereocenters. The summed E-state index contributed by atoms with van der Waals surface area (Å²) in [5, 5.41) is 11.9. The van der Waals surface area contributed by atoms with E-state index in [1.165, 1.54) is 24.3 Å². The molecule has 1 amide bonds. The molecule has 4 N–H and O–H groups in total. The fourth-order valence-corrected chi connectivity index (χ4v) is 2.58. The van der Waals surface area contributed by atoms with Gasteiger partial charge in [-0.1, -0.05) is 24.3 Å². The van der Waals surface area contributed by atoms with Crippen molar-refractivity contribution in [2.24, 2.45) is 0 Å². The Morgan fingerprint density at radius 2 is 1.69 bits per heavy atom. The molecule has 0 aliphatic rings. The molecule has 0 radical (unpaired) electrons. The summed E-state index contributed by atoms with van der Waals surface area (Å²) in [6, 6.07) is 12.2. The summed E-state index contributed by atoms with van der Waals surface area (Å²) in [6.45, 7) is 0. The van der Waals surface area contributed by atoms with E-state index in [4.69, 9.17) is 12.2 Å². The Bertz CT molecular complexity index is 1080. The lowest BCUT2D eigenvalue weighted by molar-refractivity contribution is 0.102. The predicted octanol–water partition coefficient (Wildman–Crippen LogP) is 2.87. The number of anilines is 1. The summed E-state index contributed by atoms with van der Waals surface area (Å²) in [7, 11) is 0. The van der Waals surface area contributed by atoms with Crippen LogP contribution in [-0.2, 0) is 0 Å². The number of hydrogen-bond donors (Lipinski definition) is 4. The molecule has 130 valence electrons. The zero-order valence-electron chi connectivity index (χ0n) is 13.3. The molecule has 2 aromatic carbocycles. The van der Waals surface area contributed by atoms with Gasteiger partial charge in [0.05, 0.1) is 5.69 Å². The van der Waals surface area contributed by atoms with Crippen LogP contribution in [0, 0.1) is 4.77 Å². The van der Waals surface area contributed by atoms with Crippen LogP contribution in [0.5, 0.6) is 5.75 Å². The average Bonchev–Trinajstić information content (AvgIpc) is 2.63. The van der Waals surface area contributed by atoms with Crippen LogP contribution in [0.2, 0.25) is 0 Å². The normalized spacial score (nSPS) is 10.3. The van der Waals surface area contributed by atoms with Crippen LogP contribution in [0.3, 0.4) is 0 Å². The molecule has 1 heterocycles. The first-order chi connectivity index (χ1) is 12.5. The molecule has 1 aromatic heterocycles. The maximum Gasteiger partial charge on any atom is 0.265 e. The third-order valence-electron chi connectivity index (χ3n) is 3.63. The van der Waals surface area contributed by atoms with Gasteiger partial charge in [-0.05, 0) is 42.0 Å². The highest BCUT2D eigenvalue weighted by Crippen LogP contribution is 2.21. The number of aromatic amines is 2. The lowest BCUT2D eigenvalue weighted by atomic mass is 10.0. The number of carbonyl (C=O) groups is 2. The van der Waals surface area contributed by atoms with E-state index < -0.39 is 11.5 Å². The van der Waals surface area contributed by atoms with Gasteiger partial charge in [-0.25, -0.2) is 0 Å². The molecular weight excluding hydrogens is 354 g/mol. The summed E-state index contributed by atoms with van der Waals surface area (Å²) in [5.41, 5.74) is 0.866. The number of hydrogen-bond acceptors (Lipinski definition) is 5. The quantitative estimate of drug-likeness (QED) is 0.322. The van der Waals surface area contributed by atoms with E-state index in [9.17, 15) is 19.5 Å². The Labute approximate surface area is 152 Å². The molecule has 0 aliphatic heterocycles. The van der Waals surface area contributed by atoms with Crippen molar-refractivity contribution in [3.8, 4) is 17.0 Å². The van der Waals surface area contributed by atoms with Gasteiger partial charge in [-0.2, -0.15) is 0 Å². The molecule has 7 nitrogen and oxygen atoms in total. The molecular formula is C18H13N3O4S. The number of phenolic OH excluding ortho intramolecular Hbond substituents is 1. The van der Waals surface area contributed by atoms with Crippen molar-refractivity contribution >= 4 is 30.1 Å². The Morgan fingerprint density at radius 1 is 1.04 bits per heavy atom. The fraction of sp³-hybridized carbons (Fsp3) is 0. The number of phenols is 1. The zero-order valence-corrected chi connectivity index (χ0v) is 14.1. The highest BCUT2D eigenvalue weighted by molar-refractivity contribution is 7.71. The van der Waals surface area contributed by atoms with Crippen molar-refractivity contribution in [2.75, 3.05) is 5.32 Å². The number of nitrogens with one attached hydrogen (secondary N) is 3. The van der Waals surface area contributed by atoms with Crippen molar-refractivity contribution in [1.29, 1.82) is 0 Å². The van der Waals surface area contributed by atoms with Crippen LogP contribution in [0.25, 0.3) is 11.3 Å². The van der Waals surface area contributed by atoms with E-state index in [1.54, 1.807) is 24.3 Å².